The molecule has 1 aromatic carbocycles. The summed E-state index contributed by atoms with van der Waals surface area (Å²) in [5, 5.41) is 20.1. The van der Waals surface area contributed by atoms with Crippen LogP contribution < -0.4 is 5.32 Å². The molecule has 1 N–H and O–H groups in total. The van der Waals surface area contributed by atoms with Crippen molar-refractivity contribution in [1.29, 1.82) is 10.5 Å². The molecule has 1 aliphatic rings. The number of nitrogens with one attached hydrogen (secondary N) is 1. The Labute approximate surface area is 171 Å². The van der Waals surface area contributed by atoms with Crippen LogP contribution in [-0.2, 0) is 11.0 Å². The molecule has 1 fully saturated rings. The van der Waals surface area contributed by atoms with Gasteiger partial charge in [-0.1, -0.05) is 6.07 Å². The van der Waals surface area contributed by atoms with E-state index in [-0.39, 0.29) is 23.1 Å². The lowest BCUT2D eigenvalue weighted by Crippen LogP contribution is -2.27. The van der Waals surface area contributed by atoms with Crippen LogP contribution in [0.5, 0.6) is 0 Å². The van der Waals surface area contributed by atoms with Gasteiger partial charge in [-0.3, -0.25) is 4.79 Å². The second kappa shape index (κ2) is 7.95. The summed E-state index contributed by atoms with van der Waals surface area (Å²) in [7, 11) is 0. The fourth-order valence-electron chi connectivity index (χ4n) is 3.42. The third kappa shape index (κ3) is 4.54. The Kier molecular flexibility index (Phi) is 5.72. The number of nitriles is 2. The van der Waals surface area contributed by atoms with Gasteiger partial charge in [0.1, 0.15) is 12.1 Å². The largest absolute Gasteiger partial charge is 0.452 e. The van der Waals surface area contributed by atoms with Crippen LogP contribution in [0.3, 0.4) is 0 Å². The summed E-state index contributed by atoms with van der Waals surface area (Å²) in [6.45, 7) is 0. The van der Waals surface area contributed by atoms with E-state index in [1.54, 1.807) is 0 Å². The van der Waals surface area contributed by atoms with E-state index in [1.165, 1.54) is 18.2 Å². The lowest BCUT2D eigenvalue weighted by Gasteiger charge is -2.23. The van der Waals surface area contributed by atoms with Gasteiger partial charge in [0.15, 0.2) is 0 Å². The molecule has 30 heavy (non-hydrogen) atoms. The van der Waals surface area contributed by atoms with E-state index in [4.69, 9.17) is 5.26 Å². The smallest absolute Gasteiger partial charge is 0.300 e. The molecule has 0 unspecified atom stereocenters. The summed E-state index contributed by atoms with van der Waals surface area (Å²) in [6.07, 6.45) is -5.80. The van der Waals surface area contributed by atoms with Crippen LogP contribution >= 0.6 is 11.5 Å². The number of hydrogen-bond acceptors (Lipinski definition) is 6. The highest BCUT2D eigenvalue weighted by molar-refractivity contribution is 7.09. The lowest BCUT2D eigenvalue weighted by atomic mass is 9.83. The van der Waals surface area contributed by atoms with E-state index in [0.29, 0.717) is 11.5 Å². The Morgan fingerprint density at radius 3 is 2.50 bits per heavy atom. The van der Waals surface area contributed by atoms with E-state index in [9.17, 15) is 32.0 Å². The average Bonchev–Trinajstić information content (AvgIpc) is 3.28. The van der Waals surface area contributed by atoms with Gasteiger partial charge in [0.2, 0.25) is 22.8 Å². The van der Waals surface area contributed by atoms with Gasteiger partial charge in [0.25, 0.3) is 0 Å². The number of carbonyl (C=O) groups excluding carboxylic acids is 1. The third-order valence-corrected chi connectivity index (χ3v) is 5.38. The molecule has 0 bridgehead atoms. The number of hydrogen-bond donors (Lipinski definition) is 1. The third-order valence-electron chi connectivity index (χ3n) is 4.75. The Balaban J connectivity index is 1.94. The highest BCUT2D eigenvalue weighted by atomic mass is 32.1. The fourth-order valence-corrected chi connectivity index (χ4v) is 4.02. The molecule has 0 aliphatic heterocycles. The first-order valence-corrected chi connectivity index (χ1v) is 9.35. The van der Waals surface area contributed by atoms with Gasteiger partial charge in [-0.05, 0) is 30.0 Å². The zero-order valence-corrected chi connectivity index (χ0v) is 15.8. The number of amides is 1. The maximum atomic E-state index is 13.8. The van der Waals surface area contributed by atoms with Crippen molar-refractivity contribution in [2.75, 3.05) is 5.32 Å². The Morgan fingerprint density at radius 1 is 1.27 bits per heavy atom. The number of nitrogens with zero attached hydrogens (tertiary/aromatic N) is 4. The van der Waals surface area contributed by atoms with Crippen molar-refractivity contribution in [1.82, 2.24) is 9.36 Å². The zero-order chi connectivity index (χ0) is 22.1. The van der Waals surface area contributed by atoms with Gasteiger partial charge in [0, 0.05) is 24.4 Å². The number of carbonyl (C=O) groups is 1. The highest BCUT2D eigenvalue weighted by Gasteiger charge is 2.45. The molecule has 1 aromatic heterocycles. The van der Waals surface area contributed by atoms with Crippen molar-refractivity contribution in [3.05, 3.63) is 40.7 Å². The number of anilines is 1. The minimum Gasteiger partial charge on any atom is -0.300 e. The van der Waals surface area contributed by atoms with Gasteiger partial charge in [-0.25, -0.2) is 8.78 Å². The van der Waals surface area contributed by atoms with Crippen LogP contribution in [0.4, 0.5) is 27.1 Å². The summed E-state index contributed by atoms with van der Waals surface area (Å²) < 4.78 is 68.7. The second-order valence-corrected chi connectivity index (χ2v) is 7.53. The van der Waals surface area contributed by atoms with Crippen molar-refractivity contribution in [2.45, 2.75) is 37.3 Å². The molecule has 6 nitrogen and oxygen atoms in total. The molecule has 3 rings (SSSR count). The van der Waals surface area contributed by atoms with Gasteiger partial charge >= 0.3 is 6.18 Å². The molecule has 12 heteroatoms. The number of rotatable bonds is 4. The number of benzene rings is 1. The standard InChI is InChI=1S/C18H12F5N5OS/c19-17(20)4-3-10(6-17)13(9-1-2-11(7-24)12(5-9)8-25)14(29)26-16-27-15(28-30-16)18(21,22)23/h1-2,5,10,13H,3-4,6H2,(H,26,27,28,29)/t10-,13+/m1/s1. The molecule has 1 heterocycles. The predicted molar refractivity (Wildman–Crippen MR) is 94.4 cm³/mol. The molecule has 2 atom stereocenters. The topological polar surface area (TPSA) is 102 Å². The van der Waals surface area contributed by atoms with E-state index in [0.717, 1.165) is 0 Å². The van der Waals surface area contributed by atoms with Gasteiger partial charge < -0.3 is 5.32 Å². The molecule has 156 valence electrons. The van der Waals surface area contributed by atoms with Crippen molar-refractivity contribution < 1.29 is 26.7 Å². The normalized spacial score (nSPS) is 19.0. The van der Waals surface area contributed by atoms with Crippen LogP contribution in [0, 0.1) is 28.6 Å². The molecule has 1 aliphatic carbocycles. The second-order valence-electron chi connectivity index (χ2n) is 6.78. The Morgan fingerprint density at radius 2 is 1.97 bits per heavy atom. The maximum absolute atomic E-state index is 13.8. The van der Waals surface area contributed by atoms with Gasteiger partial charge in [0.05, 0.1) is 17.0 Å². The fraction of sp³-hybridized carbons (Fsp3) is 0.389. The molecule has 1 amide bonds. The first kappa shape index (κ1) is 21.6. The van der Waals surface area contributed by atoms with E-state index < -0.39 is 53.6 Å². The molecule has 0 spiro atoms. The first-order chi connectivity index (χ1) is 14.0. The van der Waals surface area contributed by atoms with Crippen LogP contribution in [-0.4, -0.2) is 21.2 Å². The molecule has 1 saturated carbocycles. The highest BCUT2D eigenvalue weighted by Crippen LogP contribution is 2.46. The zero-order valence-electron chi connectivity index (χ0n) is 15.0. The van der Waals surface area contributed by atoms with E-state index in [1.807, 2.05) is 12.1 Å². The molecule has 0 radical (unpaired) electrons. The Hall–Kier alpha value is -3.12. The molecular formula is C18H12F5N5OS. The molecule has 0 saturated heterocycles. The number of aromatic nitrogens is 2. The molecular weight excluding hydrogens is 429 g/mol. The SMILES string of the molecule is N#Cc1ccc([C@H](C(=O)Nc2nc(C(F)(F)F)ns2)[C@@H]2CCC(F)(F)C2)cc1C#N. The van der Waals surface area contributed by atoms with Crippen LogP contribution in [0.2, 0.25) is 0 Å². The Bertz CT molecular complexity index is 1050. The summed E-state index contributed by atoms with van der Waals surface area (Å²) in [6, 6.07) is 7.56. The van der Waals surface area contributed by atoms with Crippen molar-refractivity contribution in [3.8, 4) is 12.1 Å². The van der Waals surface area contributed by atoms with Crippen LogP contribution in [0.25, 0.3) is 0 Å². The monoisotopic (exact) mass is 441 g/mol. The van der Waals surface area contributed by atoms with Crippen molar-refractivity contribution >= 4 is 22.6 Å². The van der Waals surface area contributed by atoms with Crippen LogP contribution in [0.1, 0.15) is 47.7 Å². The minimum atomic E-state index is -4.79. The van der Waals surface area contributed by atoms with E-state index in [2.05, 4.69) is 14.7 Å². The van der Waals surface area contributed by atoms with Crippen molar-refractivity contribution in [3.63, 3.8) is 0 Å². The predicted octanol–water partition coefficient (Wildman–Crippen LogP) is 4.46. The summed E-state index contributed by atoms with van der Waals surface area (Å²) >= 11 is 0.317. The van der Waals surface area contributed by atoms with Gasteiger partial charge in [-0.2, -0.15) is 33.1 Å². The van der Waals surface area contributed by atoms with Crippen molar-refractivity contribution in [2.24, 2.45) is 5.92 Å². The summed E-state index contributed by atoms with van der Waals surface area (Å²) in [4.78, 5) is 16.1. The first-order valence-electron chi connectivity index (χ1n) is 8.58. The average molecular weight is 441 g/mol. The lowest BCUT2D eigenvalue weighted by molar-refractivity contribution is -0.144. The summed E-state index contributed by atoms with van der Waals surface area (Å²) in [5.74, 6) is -7.21. The number of halogens is 5. The van der Waals surface area contributed by atoms with Crippen LogP contribution in [0.15, 0.2) is 18.2 Å². The quantitative estimate of drug-likeness (QED) is 0.706. The van der Waals surface area contributed by atoms with E-state index >= 15 is 0 Å². The number of alkyl halides is 5. The molecule has 2 aromatic rings. The minimum absolute atomic E-state index is 0.0108. The van der Waals surface area contributed by atoms with Gasteiger partial charge in [-0.15, -0.1) is 0 Å². The maximum Gasteiger partial charge on any atom is 0.452 e. The summed E-state index contributed by atoms with van der Waals surface area (Å²) in [5.41, 5.74) is 0.232.